The van der Waals surface area contributed by atoms with Crippen LogP contribution in [0.5, 0.6) is 0 Å². The van der Waals surface area contributed by atoms with E-state index in [4.69, 9.17) is 4.74 Å². The largest absolute Gasteiger partial charge is 0.391 e. The van der Waals surface area contributed by atoms with E-state index in [0.717, 1.165) is 0 Å². The number of aliphatic hydroxyl groups is 1. The molecule has 17 heavy (non-hydrogen) atoms. The van der Waals surface area contributed by atoms with Crippen LogP contribution in [0.2, 0.25) is 0 Å². The van der Waals surface area contributed by atoms with Crippen molar-refractivity contribution in [1.82, 2.24) is 5.32 Å². The number of alkyl halides is 3. The van der Waals surface area contributed by atoms with Crippen molar-refractivity contribution >= 4 is 16.9 Å². The van der Waals surface area contributed by atoms with Crippen molar-refractivity contribution in [1.29, 1.82) is 0 Å². The van der Waals surface area contributed by atoms with Crippen LogP contribution in [0, 0.1) is 0 Å². The number of thioether (sulfide) groups is 1. The quantitative estimate of drug-likeness (QED) is 0.749. The molecule has 0 aliphatic carbocycles. The molecule has 0 aromatic carbocycles. The number of halogens is 3. The third kappa shape index (κ3) is 3.05. The number of hydrogen-bond donors (Lipinski definition) is 2. The lowest BCUT2D eigenvalue weighted by molar-refractivity contribution is -0.189. The molecule has 2 aliphatic heterocycles. The second-order valence-corrected chi connectivity index (χ2v) is 5.12. The average Bonchev–Trinajstić information content (AvgIpc) is 2.58. The lowest BCUT2D eigenvalue weighted by Crippen LogP contribution is -2.45. The van der Waals surface area contributed by atoms with Gasteiger partial charge in [-0.15, -0.1) is 0 Å². The molecule has 8 heteroatoms. The van der Waals surface area contributed by atoms with Gasteiger partial charge >= 0.3 is 6.18 Å². The zero-order chi connectivity index (χ0) is 12.6. The Morgan fingerprint density at radius 1 is 1.59 bits per heavy atom. The Labute approximate surface area is 101 Å². The topological polar surface area (TPSA) is 53.9 Å². The van der Waals surface area contributed by atoms with Gasteiger partial charge in [-0.3, -0.25) is 4.99 Å². The lowest BCUT2D eigenvalue weighted by Gasteiger charge is -2.34. The molecule has 0 bridgehead atoms. The first-order valence-electron chi connectivity index (χ1n) is 5.21. The van der Waals surface area contributed by atoms with Crippen molar-refractivity contribution in [3.8, 4) is 0 Å². The maximum atomic E-state index is 12.3. The van der Waals surface area contributed by atoms with Crippen LogP contribution in [0.3, 0.4) is 0 Å². The maximum absolute atomic E-state index is 12.3. The van der Waals surface area contributed by atoms with Crippen LogP contribution in [-0.4, -0.2) is 47.2 Å². The number of amidine groups is 1. The Balaban J connectivity index is 1.98. The minimum absolute atomic E-state index is 0.212. The normalized spacial score (nSPS) is 37.6. The first-order chi connectivity index (χ1) is 7.89. The van der Waals surface area contributed by atoms with Crippen molar-refractivity contribution < 1.29 is 23.0 Å². The second-order valence-electron chi connectivity index (χ2n) is 4.03. The minimum atomic E-state index is -4.32. The summed E-state index contributed by atoms with van der Waals surface area (Å²) in [5, 5.41) is 13.1. The van der Waals surface area contributed by atoms with E-state index in [1.807, 2.05) is 0 Å². The summed E-state index contributed by atoms with van der Waals surface area (Å²) in [4.78, 5) is 4.21. The van der Waals surface area contributed by atoms with Crippen LogP contribution in [0.1, 0.15) is 12.8 Å². The second kappa shape index (κ2) is 4.66. The zero-order valence-corrected chi connectivity index (χ0v) is 9.88. The van der Waals surface area contributed by atoms with E-state index in [1.165, 1.54) is 11.8 Å². The summed E-state index contributed by atoms with van der Waals surface area (Å²) in [6, 6.07) is -0.262. The molecular weight excluding hydrogens is 257 g/mol. The number of rotatable bonds is 1. The third-order valence-electron chi connectivity index (χ3n) is 2.69. The van der Waals surface area contributed by atoms with E-state index in [2.05, 4.69) is 10.3 Å². The number of hydrogen-bond acceptors (Lipinski definition) is 5. The Morgan fingerprint density at radius 2 is 2.29 bits per heavy atom. The van der Waals surface area contributed by atoms with Crippen molar-refractivity contribution in [2.24, 2.45) is 4.99 Å². The summed E-state index contributed by atoms with van der Waals surface area (Å²) < 4.78 is 42.1. The standard InChI is InChI=1S/C9H13F3N2O2S/c1-13-8-14-4-2-5(15)6(3-9(10,11)12)16-7(4)17-8/h4-7,15H,2-3H2,1H3,(H,13,14)/t4-,5-,6-,7-/m1/s1. The smallest absolute Gasteiger partial charge is 0.390 e. The zero-order valence-electron chi connectivity index (χ0n) is 9.07. The molecule has 2 rings (SSSR count). The van der Waals surface area contributed by atoms with Gasteiger partial charge < -0.3 is 15.2 Å². The molecule has 2 aliphatic rings. The van der Waals surface area contributed by atoms with Crippen molar-refractivity contribution in [3.63, 3.8) is 0 Å². The fourth-order valence-electron chi connectivity index (χ4n) is 1.91. The lowest BCUT2D eigenvalue weighted by atomic mass is 9.99. The molecule has 0 saturated carbocycles. The number of ether oxygens (including phenoxy) is 1. The maximum Gasteiger partial charge on any atom is 0.391 e. The Hall–Kier alpha value is -0.470. The molecule has 2 N–H and O–H groups in total. The molecule has 2 heterocycles. The number of nitrogens with zero attached hydrogens (tertiary/aromatic N) is 1. The van der Waals surface area contributed by atoms with Gasteiger partial charge in [0, 0.05) is 13.5 Å². The predicted octanol–water partition coefficient (Wildman–Crippen LogP) is 1.11. The fraction of sp³-hybridized carbons (Fsp3) is 0.889. The van der Waals surface area contributed by atoms with Gasteiger partial charge in [-0.2, -0.15) is 13.2 Å². The van der Waals surface area contributed by atoms with Gasteiger partial charge in [0.05, 0.1) is 24.7 Å². The Morgan fingerprint density at radius 3 is 2.88 bits per heavy atom. The van der Waals surface area contributed by atoms with Gasteiger partial charge in [-0.05, 0) is 0 Å². The van der Waals surface area contributed by atoms with Crippen LogP contribution < -0.4 is 5.32 Å². The summed E-state index contributed by atoms with van der Waals surface area (Å²) in [5.74, 6) is 0. The highest BCUT2D eigenvalue weighted by Gasteiger charge is 2.45. The highest BCUT2D eigenvalue weighted by atomic mass is 32.2. The molecule has 1 fully saturated rings. The Kier molecular flexibility index (Phi) is 3.55. The van der Waals surface area contributed by atoms with Gasteiger partial charge in [0.15, 0.2) is 5.17 Å². The molecule has 0 aromatic rings. The van der Waals surface area contributed by atoms with E-state index >= 15 is 0 Å². The molecule has 0 aromatic heterocycles. The average molecular weight is 270 g/mol. The summed E-state index contributed by atoms with van der Waals surface area (Å²) in [5.41, 5.74) is -0.423. The van der Waals surface area contributed by atoms with Crippen LogP contribution in [0.4, 0.5) is 13.2 Å². The molecule has 4 atom stereocenters. The van der Waals surface area contributed by atoms with Crippen LogP contribution in [0.25, 0.3) is 0 Å². The molecule has 1 saturated heterocycles. The fourth-order valence-corrected chi connectivity index (χ4v) is 2.97. The molecule has 0 amide bonds. The third-order valence-corrected chi connectivity index (χ3v) is 3.88. The number of fused-ring (bicyclic) bond motifs is 1. The first kappa shape index (κ1) is 13.0. The predicted molar refractivity (Wildman–Crippen MR) is 57.8 cm³/mol. The highest BCUT2D eigenvalue weighted by Crippen LogP contribution is 2.38. The van der Waals surface area contributed by atoms with Gasteiger partial charge in [-0.25, -0.2) is 0 Å². The number of aliphatic hydroxyl groups excluding tert-OH is 1. The van der Waals surface area contributed by atoms with Crippen LogP contribution in [-0.2, 0) is 4.74 Å². The number of nitrogens with one attached hydrogen (secondary N) is 1. The molecule has 0 unspecified atom stereocenters. The monoisotopic (exact) mass is 270 g/mol. The van der Waals surface area contributed by atoms with Gasteiger partial charge in [0.1, 0.15) is 5.44 Å². The molecule has 98 valence electrons. The van der Waals surface area contributed by atoms with E-state index in [0.29, 0.717) is 5.17 Å². The van der Waals surface area contributed by atoms with Crippen LogP contribution >= 0.6 is 11.8 Å². The van der Waals surface area contributed by atoms with Crippen molar-refractivity contribution in [2.45, 2.75) is 42.7 Å². The molecule has 0 spiro atoms. The van der Waals surface area contributed by atoms with E-state index < -0.39 is 30.2 Å². The van der Waals surface area contributed by atoms with E-state index in [9.17, 15) is 18.3 Å². The molecule has 0 radical (unpaired) electrons. The van der Waals surface area contributed by atoms with E-state index in [-0.39, 0.29) is 12.5 Å². The number of aliphatic imine (C=N–C) groups is 1. The summed E-state index contributed by atoms with van der Waals surface area (Å²) in [7, 11) is 1.69. The van der Waals surface area contributed by atoms with E-state index in [1.54, 1.807) is 7.05 Å². The first-order valence-corrected chi connectivity index (χ1v) is 6.09. The van der Waals surface area contributed by atoms with Gasteiger partial charge in [0.2, 0.25) is 0 Å². The van der Waals surface area contributed by atoms with Crippen LogP contribution in [0.15, 0.2) is 4.99 Å². The minimum Gasteiger partial charge on any atom is -0.390 e. The summed E-state index contributed by atoms with van der Waals surface area (Å²) in [6.07, 6.45) is -7.53. The SMILES string of the molecule is CNC1=N[C@@H]2C[C@@H](O)[C@@H](CC(F)(F)F)O[C@@H]2S1. The molecular formula is C9H13F3N2O2S. The van der Waals surface area contributed by atoms with Crippen molar-refractivity contribution in [3.05, 3.63) is 0 Å². The van der Waals surface area contributed by atoms with Crippen molar-refractivity contribution in [2.75, 3.05) is 7.05 Å². The highest BCUT2D eigenvalue weighted by molar-refractivity contribution is 8.14. The van der Waals surface area contributed by atoms with Gasteiger partial charge in [-0.1, -0.05) is 11.8 Å². The summed E-state index contributed by atoms with van der Waals surface area (Å²) in [6.45, 7) is 0. The Bertz CT molecular complexity index is 324. The summed E-state index contributed by atoms with van der Waals surface area (Å²) >= 11 is 1.26. The van der Waals surface area contributed by atoms with Gasteiger partial charge in [0.25, 0.3) is 0 Å². The molecule has 4 nitrogen and oxygen atoms in total.